The largest absolute Gasteiger partial charge is 0.495 e. The molecule has 0 aromatic heterocycles. The van der Waals surface area contributed by atoms with Crippen molar-refractivity contribution in [3.8, 4) is 5.75 Å². The van der Waals surface area contributed by atoms with E-state index in [2.05, 4.69) is 26.0 Å². The van der Waals surface area contributed by atoms with Gasteiger partial charge in [-0.15, -0.1) is 0 Å². The number of hydrogen-bond acceptors (Lipinski definition) is 4. The summed E-state index contributed by atoms with van der Waals surface area (Å²) in [7, 11) is -2.09. The maximum absolute atomic E-state index is 12.4. The number of piperidine rings is 1. The quantitative estimate of drug-likeness (QED) is 0.836. The summed E-state index contributed by atoms with van der Waals surface area (Å²) in [6, 6.07) is 4.95. The zero-order chi connectivity index (χ0) is 14.6. The van der Waals surface area contributed by atoms with Crippen molar-refractivity contribution >= 4 is 26.0 Å². The smallest absolute Gasteiger partial charge is 0.244 e. The molecular weight excluding hydrogens is 344 g/mol. The molecule has 7 heteroatoms. The second kappa shape index (κ2) is 6.89. The highest BCUT2D eigenvalue weighted by Crippen LogP contribution is 2.27. The zero-order valence-corrected chi connectivity index (χ0v) is 13.8. The van der Waals surface area contributed by atoms with Gasteiger partial charge in [0, 0.05) is 11.0 Å². The van der Waals surface area contributed by atoms with Crippen LogP contribution < -0.4 is 14.8 Å². The fourth-order valence-electron chi connectivity index (χ4n) is 2.26. The molecule has 1 unspecified atom stereocenters. The molecule has 1 atom stereocenters. The Morgan fingerprint density at radius 3 is 2.95 bits per heavy atom. The molecular formula is C13H19BrN2O3S. The van der Waals surface area contributed by atoms with Crippen LogP contribution >= 0.6 is 15.9 Å². The maximum Gasteiger partial charge on any atom is 0.244 e. The molecule has 0 bridgehead atoms. The highest BCUT2D eigenvalue weighted by Gasteiger charge is 2.22. The van der Waals surface area contributed by atoms with E-state index in [0.717, 1.165) is 25.9 Å². The van der Waals surface area contributed by atoms with Gasteiger partial charge < -0.3 is 10.1 Å². The van der Waals surface area contributed by atoms with Gasteiger partial charge in [0.1, 0.15) is 10.6 Å². The van der Waals surface area contributed by atoms with Crippen molar-refractivity contribution in [2.75, 3.05) is 26.7 Å². The van der Waals surface area contributed by atoms with Crippen LogP contribution in [0.15, 0.2) is 27.6 Å². The molecule has 112 valence electrons. The Morgan fingerprint density at radius 2 is 2.30 bits per heavy atom. The second-order valence-corrected chi connectivity index (χ2v) is 7.51. The minimum absolute atomic E-state index is 0.165. The van der Waals surface area contributed by atoms with Crippen LogP contribution in [-0.2, 0) is 10.0 Å². The van der Waals surface area contributed by atoms with Gasteiger partial charge in [-0.2, -0.15) is 0 Å². The Balaban J connectivity index is 2.11. The van der Waals surface area contributed by atoms with E-state index < -0.39 is 10.0 Å². The van der Waals surface area contributed by atoms with Crippen molar-refractivity contribution < 1.29 is 13.2 Å². The third-order valence-electron chi connectivity index (χ3n) is 3.38. The molecule has 0 saturated carbocycles. The normalized spacial score (nSPS) is 19.8. The van der Waals surface area contributed by atoms with Crippen LogP contribution in [0.2, 0.25) is 0 Å². The third kappa shape index (κ3) is 3.94. The predicted octanol–water partition coefficient (Wildman–Crippen LogP) is 1.74. The fraction of sp³-hybridized carbons (Fsp3) is 0.538. The minimum atomic E-state index is -3.56. The van der Waals surface area contributed by atoms with Gasteiger partial charge in [-0.3, -0.25) is 0 Å². The van der Waals surface area contributed by atoms with Crippen molar-refractivity contribution in [1.29, 1.82) is 0 Å². The van der Waals surface area contributed by atoms with E-state index in [1.54, 1.807) is 18.2 Å². The summed E-state index contributed by atoms with van der Waals surface area (Å²) in [5, 5.41) is 3.28. The number of nitrogens with one attached hydrogen (secondary N) is 2. The van der Waals surface area contributed by atoms with Crippen LogP contribution in [0.1, 0.15) is 12.8 Å². The molecule has 0 radical (unpaired) electrons. The Hall–Kier alpha value is -0.630. The molecule has 1 aliphatic heterocycles. The average molecular weight is 363 g/mol. The Morgan fingerprint density at radius 1 is 1.50 bits per heavy atom. The molecule has 1 aromatic carbocycles. The van der Waals surface area contributed by atoms with E-state index in [-0.39, 0.29) is 4.90 Å². The summed E-state index contributed by atoms with van der Waals surface area (Å²) in [5.74, 6) is 0.694. The number of ether oxygens (including phenoxy) is 1. The zero-order valence-electron chi connectivity index (χ0n) is 11.4. The topological polar surface area (TPSA) is 67.4 Å². The van der Waals surface area contributed by atoms with E-state index in [0.29, 0.717) is 22.7 Å². The molecule has 0 aliphatic carbocycles. The molecule has 1 aromatic rings. The number of halogens is 1. The van der Waals surface area contributed by atoms with Crippen molar-refractivity contribution in [2.24, 2.45) is 5.92 Å². The van der Waals surface area contributed by atoms with Crippen LogP contribution in [0.3, 0.4) is 0 Å². The summed E-state index contributed by atoms with van der Waals surface area (Å²) >= 11 is 3.29. The van der Waals surface area contributed by atoms with E-state index in [9.17, 15) is 8.42 Å². The van der Waals surface area contributed by atoms with Gasteiger partial charge in [-0.1, -0.05) is 15.9 Å². The lowest BCUT2D eigenvalue weighted by molar-refractivity contribution is 0.374. The number of methoxy groups -OCH3 is 1. The highest BCUT2D eigenvalue weighted by molar-refractivity contribution is 9.10. The first-order valence-corrected chi connectivity index (χ1v) is 8.84. The monoisotopic (exact) mass is 362 g/mol. The first-order valence-electron chi connectivity index (χ1n) is 6.57. The van der Waals surface area contributed by atoms with Gasteiger partial charge in [0.25, 0.3) is 0 Å². The number of sulfonamides is 1. The predicted molar refractivity (Wildman–Crippen MR) is 81.5 cm³/mol. The van der Waals surface area contributed by atoms with Crippen molar-refractivity contribution in [1.82, 2.24) is 10.0 Å². The van der Waals surface area contributed by atoms with Gasteiger partial charge in [0.15, 0.2) is 0 Å². The number of hydrogen-bond donors (Lipinski definition) is 2. The van der Waals surface area contributed by atoms with Crippen LogP contribution in [0.4, 0.5) is 0 Å². The lowest BCUT2D eigenvalue weighted by Gasteiger charge is -2.23. The molecule has 20 heavy (non-hydrogen) atoms. The number of rotatable bonds is 5. The van der Waals surface area contributed by atoms with Crippen LogP contribution in [0.25, 0.3) is 0 Å². The van der Waals surface area contributed by atoms with E-state index >= 15 is 0 Å². The molecule has 0 amide bonds. The van der Waals surface area contributed by atoms with Crippen molar-refractivity contribution in [3.05, 3.63) is 22.7 Å². The second-order valence-electron chi connectivity index (χ2n) is 4.86. The molecule has 5 nitrogen and oxygen atoms in total. The lowest BCUT2D eigenvalue weighted by Crippen LogP contribution is -2.38. The Labute approximate surface area is 128 Å². The first-order chi connectivity index (χ1) is 9.53. The SMILES string of the molecule is COc1ccc(Br)cc1S(=O)(=O)NCC1CCCNC1. The van der Waals surface area contributed by atoms with Crippen LogP contribution in [-0.4, -0.2) is 35.2 Å². The van der Waals surface area contributed by atoms with Gasteiger partial charge in [-0.25, -0.2) is 13.1 Å². The summed E-state index contributed by atoms with van der Waals surface area (Å²) in [6.45, 7) is 2.33. The van der Waals surface area contributed by atoms with Gasteiger partial charge in [-0.05, 0) is 50.0 Å². The maximum atomic E-state index is 12.4. The minimum Gasteiger partial charge on any atom is -0.495 e. The summed E-state index contributed by atoms with van der Waals surface area (Å²) in [5.41, 5.74) is 0. The van der Waals surface area contributed by atoms with Gasteiger partial charge in [0.2, 0.25) is 10.0 Å². The molecule has 2 N–H and O–H groups in total. The van der Waals surface area contributed by atoms with Crippen LogP contribution in [0, 0.1) is 5.92 Å². The third-order valence-corrected chi connectivity index (χ3v) is 5.31. The first kappa shape index (κ1) is 15.8. The van der Waals surface area contributed by atoms with Crippen molar-refractivity contribution in [2.45, 2.75) is 17.7 Å². The van der Waals surface area contributed by atoms with E-state index in [1.165, 1.54) is 7.11 Å². The molecule has 0 spiro atoms. The molecule has 1 saturated heterocycles. The number of benzene rings is 1. The molecule has 1 aliphatic rings. The van der Waals surface area contributed by atoms with Crippen molar-refractivity contribution in [3.63, 3.8) is 0 Å². The standard InChI is InChI=1S/C13H19BrN2O3S/c1-19-12-5-4-11(14)7-13(12)20(17,18)16-9-10-3-2-6-15-8-10/h4-5,7,10,15-16H,2-3,6,8-9H2,1H3. The molecule has 1 heterocycles. The Bertz CT molecular complexity index is 557. The fourth-order valence-corrected chi connectivity index (χ4v) is 4.09. The highest BCUT2D eigenvalue weighted by atomic mass is 79.9. The van der Waals surface area contributed by atoms with Gasteiger partial charge >= 0.3 is 0 Å². The lowest BCUT2D eigenvalue weighted by atomic mass is 10.0. The van der Waals surface area contributed by atoms with Gasteiger partial charge in [0.05, 0.1) is 7.11 Å². The average Bonchev–Trinajstić information content (AvgIpc) is 2.46. The Kier molecular flexibility index (Phi) is 5.42. The molecule has 1 fully saturated rings. The summed E-state index contributed by atoms with van der Waals surface area (Å²) < 4.78 is 33.3. The van der Waals surface area contributed by atoms with Crippen LogP contribution in [0.5, 0.6) is 5.75 Å². The van der Waals surface area contributed by atoms with E-state index in [1.807, 2.05) is 0 Å². The van der Waals surface area contributed by atoms with E-state index in [4.69, 9.17) is 4.74 Å². The summed E-state index contributed by atoms with van der Waals surface area (Å²) in [6.07, 6.45) is 2.14. The molecule has 2 rings (SSSR count). The summed E-state index contributed by atoms with van der Waals surface area (Å²) in [4.78, 5) is 0.165.